The monoisotopic (exact) mass is 322 g/mol. The molecule has 0 aliphatic heterocycles. The number of carboxylic acid groups (broad SMARTS) is 1. The molecule has 1 aromatic carbocycles. The van der Waals surface area contributed by atoms with E-state index in [0.29, 0.717) is 0 Å². The summed E-state index contributed by atoms with van der Waals surface area (Å²) < 4.78 is 32.5. The molecule has 0 saturated heterocycles. The van der Waals surface area contributed by atoms with E-state index in [4.69, 9.17) is 9.84 Å². The molecule has 18 heavy (non-hydrogen) atoms. The Hall–Kier alpha value is -1.17. The predicted molar refractivity (Wildman–Crippen MR) is 65.7 cm³/mol. The molecule has 100 valence electrons. The number of aliphatic carboxylic acids is 1. The van der Waals surface area contributed by atoms with Crippen LogP contribution in [0.3, 0.4) is 0 Å². The highest BCUT2D eigenvalue weighted by Gasteiger charge is 2.31. The molecule has 0 heterocycles. The van der Waals surface area contributed by atoms with Crippen LogP contribution in [0.25, 0.3) is 0 Å². The van der Waals surface area contributed by atoms with Crippen LogP contribution in [0.1, 0.15) is 19.4 Å². The van der Waals surface area contributed by atoms with E-state index in [1.807, 2.05) is 0 Å². The Kier molecular flexibility index (Phi) is 4.32. The molecular weight excluding hydrogens is 310 g/mol. The van der Waals surface area contributed by atoms with Gasteiger partial charge < -0.3 is 9.84 Å². The molecule has 6 heteroatoms. The molecule has 0 spiro atoms. The van der Waals surface area contributed by atoms with E-state index in [-0.39, 0.29) is 22.2 Å². The van der Waals surface area contributed by atoms with Gasteiger partial charge in [-0.3, -0.25) is 4.79 Å². The van der Waals surface area contributed by atoms with Crippen molar-refractivity contribution in [3.63, 3.8) is 0 Å². The second-order valence-electron chi connectivity index (χ2n) is 4.53. The molecule has 0 fully saturated rings. The summed E-state index contributed by atoms with van der Waals surface area (Å²) in [6.45, 7) is 2.82. The third-order valence-corrected chi connectivity index (χ3v) is 3.38. The number of methoxy groups -OCH3 is 1. The third-order valence-electron chi connectivity index (χ3n) is 2.64. The maximum Gasteiger partial charge on any atom is 0.309 e. The van der Waals surface area contributed by atoms with Crippen LogP contribution in [0.4, 0.5) is 8.78 Å². The van der Waals surface area contributed by atoms with Gasteiger partial charge in [-0.1, -0.05) is 0 Å². The molecule has 0 amide bonds. The molecule has 3 nitrogen and oxygen atoms in total. The maximum absolute atomic E-state index is 13.9. The lowest BCUT2D eigenvalue weighted by molar-refractivity contribution is -0.146. The minimum atomic E-state index is -1.25. The van der Waals surface area contributed by atoms with Gasteiger partial charge in [-0.25, -0.2) is 8.78 Å². The molecule has 0 unspecified atom stereocenters. The Morgan fingerprint density at radius 1 is 1.50 bits per heavy atom. The Labute approximate surface area is 112 Å². The maximum atomic E-state index is 13.9. The molecular formula is C12H13BrF2O3. The van der Waals surface area contributed by atoms with Crippen molar-refractivity contribution < 1.29 is 23.4 Å². The first-order chi connectivity index (χ1) is 8.20. The van der Waals surface area contributed by atoms with Gasteiger partial charge in [0.1, 0.15) is 17.4 Å². The van der Waals surface area contributed by atoms with Crippen LogP contribution < -0.4 is 4.74 Å². The lowest BCUT2D eigenvalue weighted by Gasteiger charge is -2.20. The molecule has 0 radical (unpaired) electrons. The summed E-state index contributed by atoms with van der Waals surface area (Å²) in [6.07, 6.45) is -0.247. The van der Waals surface area contributed by atoms with Crippen molar-refractivity contribution in [1.29, 1.82) is 0 Å². The number of carbonyl (C=O) groups is 1. The fraction of sp³-hybridized carbons (Fsp3) is 0.417. The second-order valence-corrected chi connectivity index (χ2v) is 5.33. The van der Waals surface area contributed by atoms with Crippen molar-refractivity contribution in [1.82, 2.24) is 0 Å². The summed E-state index contributed by atoms with van der Waals surface area (Å²) in [4.78, 5) is 11.0. The van der Waals surface area contributed by atoms with Crippen molar-refractivity contribution in [3.8, 4) is 5.75 Å². The normalized spacial score (nSPS) is 11.4. The lowest BCUT2D eigenvalue weighted by Crippen LogP contribution is -2.27. The Morgan fingerprint density at radius 2 is 2.06 bits per heavy atom. The minimum absolute atomic E-state index is 0.0115. The lowest BCUT2D eigenvalue weighted by atomic mass is 9.85. The van der Waals surface area contributed by atoms with Gasteiger partial charge in [-0.2, -0.15) is 0 Å². The summed E-state index contributed by atoms with van der Waals surface area (Å²) in [5, 5.41) is 8.97. The van der Waals surface area contributed by atoms with Crippen LogP contribution >= 0.6 is 15.9 Å². The first kappa shape index (κ1) is 14.9. The number of carboxylic acids is 1. The van der Waals surface area contributed by atoms with E-state index in [1.54, 1.807) is 0 Å². The third kappa shape index (κ3) is 2.80. The number of halogens is 3. The van der Waals surface area contributed by atoms with E-state index in [2.05, 4.69) is 15.9 Å². The second kappa shape index (κ2) is 5.22. The van der Waals surface area contributed by atoms with Crippen molar-refractivity contribution in [2.45, 2.75) is 20.3 Å². The van der Waals surface area contributed by atoms with Crippen LogP contribution in [0.2, 0.25) is 0 Å². The fourth-order valence-electron chi connectivity index (χ4n) is 1.44. The Bertz CT molecular complexity index is 487. The van der Waals surface area contributed by atoms with Gasteiger partial charge >= 0.3 is 5.97 Å². The highest BCUT2D eigenvalue weighted by Crippen LogP contribution is 2.34. The Morgan fingerprint density at radius 3 is 2.50 bits per heavy atom. The van der Waals surface area contributed by atoms with E-state index in [9.17, 15) is 13.6 Å². The highest BCUT2D eigenvalue weighted by molar-refractivity contribution is 9.10. The average molecular weight is 323 g/mol. The first-order valence-electron chi connectivity index (χ1n) is 5.14. The van der Waals surface area contributed by atoms with Crippen LogP contribution in [0.15, 0.2) is 10.5 Å². The number of benzene rings is 1. The average Bonchev–Trinajstić information content (AvgIpc) is 2.29. The topological polar surface area (TPSA) is 46.5 Å². The quantitative estimate of drug-likeness (QED) is 0.864. The molecule has 0 aromatic heterocycles. The molecule has 1 aromatic rings. The zero-order valence-electron chi connectivity index (χ0n) is 10.2. The van der Waals surface area contributed by atoms with Crippen molar-refractivity contribution in [2.24, 2.45) is 5.41 Å². The summed E-state index contributed by atoms with van der Waals surface area (Å²) >= 11 is 2.96. The summed E-state index contributed by atoms with van der Waals surface area (Å²) in [5.41, 5.74) is -1.52. The minimum Gasteiger partial charge on any atom is -0.495 e. The number of rotatable bonds is 4. The van der Waals surface area contributed by atoms with Gasteiger partial charge in [-0.15, -0.1) is 0 Å². The van der Waals surface area contributed by atoms with Crippen molar-refractivity contribution >= 4 is 21.9 Å². The molecule has 0 atom stereocenters. The van der Waals surface area contributed by atoms with E-state index >= 15 is 0 Å². The Balaban J connectivity index is 3.27. The number of ether oxygens (including phenoxy) is 1. The van der Waals surface area contributed by atoms with Crippen LogP contribution in [0.5, 0.6) is 5.75 Å². The van der Waals surface area contributed by atoms with E-state index < -0.39 is 23.0 Å². The van der Waals surface area contributed by atoms with Crippen LogP contribution in [0, 0.1) is 17.0 Å². The molecule has 0 bridgehead atoms. The summed E-state index contributed by atoms with van der Waals surface area (Å²) in [7, 11) is 1.29. The van der Waals surface area contributed by atoms with E-state index in [1.165, 1.54) is 21.0 Å². The van der Waals surface area contributed by atoms with Gasteiger partial charge in [0, 0.05) is 11.6 Å². The molecule has 0 aliphatic carbocycles. The van der Waals surface area contributed by atoms with Crippen molar-refractivity contribution in [2.75, 3.05) is 7.11 Å². The smallest absolute Gasteiger partial charge is 0.309 e. The fourth-order valence-corrected chi connectivity index (χ4v) is 1.95. The number of hydrogen-bond acceptors (Lipinski definition) is 2. The molecule has 1 N–H and O–H groups in total. The first-order valence-corrected chi connectivity index (χ1v) is 5.93. The van der Waals surface area contributed by atoms with Crippen LogP contribution in [-0.2, 0) is 11.2 Å². The van der Waals surface area contributed by atoms with Gasteiger partial charge in [0.25, 0.3) is 0 Å². The van der Waals surface area contributed by atoms with Gasteiger partial charge in [0.2, 0.25) is 0 Å². The summed E-state index contributed by atoms with van der Waals surface area (Å²) in [6, 6.07) is 1.03. The highest BCUT2D eigenvalue weighted by atomic mass is 79.9. The van der Waals surface area contributed by atoms with Gasteiger partial charge in [0.05, 0.1) is 17.0 Å². The predicted octanol–water partition coefficient (Wildman–Crippen LogP) is 3.39. The SMILES string of the molecule is COc1cc(F)c(CC(C)(C)C(=O)O)c(F)c1Br. The zero-order chi connectivity index (χ0) is 14.1. The zero-order valence-corrected chi connectivity index (χ0v) is 11.8. The molecule has 0 aliphatic rings. The summed E-state index contributed by atoms with van der Waals surface area (Å²) in [5.74, 6) is -2.74. The van der Waals surface area contributed by atoms with Crippen LogP contribution in [-0.4, -0.2) is 18.2 Å². The molecule has 1 rings (SSSR count). The van der Waals surface area contributed by atoms with Crippen molar-refractivity contribution in [3.05, 3.63) is 27.7 Å². The largest absolute Gasteiger partial charge is 0.495 e. The van der Waals surface area contributed by atoms with E-state index in [0.717, 1.165) is 6.07 Å². The number of hydrogen-bond donors (Lipinski definition) is 1. The molecule has 0 saturated carbocycles. The van der Waals surface area contributed by atoms with Gasteiger partial charge in [-0.05, 0) is 36.2 Å². The van der Waals surface area contributed by atoms with Gasteiger partial charge in [0.15, 0.2) is 0 Å². The standard InChI is InChI=1S/C12H13BrF2O3/c1-12(2,11(16)17)5-6-7(14)4-8(18-3)9(13)10(6)15/h4H,5H2,1-3H3,(H,16,17).